The molecule has 5 rings (SSSR count). The highest BCUT2D eigenvalue weighted by atomic mass is 16.3. The molecule has 0 aliphatic heterocycles. The molecule has 0 aromatic carbocycles. The number of nitrogens with two attached hydrogens (primary N) is 1. The first-order valence-corrected chi connectivity index (χ1v) is 9.06. The minimum Gasteiger partial charge on any atom is -0.390 e. The third-order valence-corrected chi connectivity index (χ3v) is 6.80. The van der Waals surface area contributed by atoms with Crippen molar-refractivity contribution in [3.63, 3.8) is 0 Å². The minimum atomic E-state index is -0.604. The molecule has 5 aliphatic rings. The molecule has 0 radical (unpaired) electrons. The second-order valence-electron chi connectivity index (χ2n) is 8.81. The van der Waals surface area contributed by atoms with Crippen molar-refractivity contribution in [2.75, 3.05) is 0 Å². The average molecular weight is 317 g/mol. The summed E-state index contributed by atoms with van der Waals surface area (Å²) in [5.41, 5.74) is 5.67. The van der Waals surface area contributed by atoms with Crippen molar-refractivity contribution in [2.45, 2.75) is 82.0 Å². The van der Waals surface area contributed by atoms with Crippen LogP contribution in [-0.4, -0.2) is 39.6 Å². The van der Waals surface area contributed by atoms with E-state index in [1.54, 1.807) is 11.8 Å². The molecule has 4 unspecified atom stereocenters. The molecule has 5 fully saturated rings. The number of amides is 1. The van der Waals surface area contributed by atoms with Gasteiger partial charge in [-0.25, -0.2) is 0 Å². The Morgan fingerprint density at radius 2 is 1.91 bits per heavy atom. The van der Waals surface area contributed by atoms with Crippen molar-refractivity contribution in [1.29, 1.82) is 5.26 Å². The van der Waals surface area contributed by atoms with E-state index in [9.17, 15) is 15.2 Å². The minimum absolute atomic E-state index is 0.0629. The van der Waals surface area contributed by atoms with Gasteiger partial charge in [-0.05, 0) is 75.5 Å². The lowest BCUT2D eigenvalue weighted by Crippen LogP contribution is -2.65. The van der Waals surface area contributed by atoms with Crippen LogP contribution >= 0.6 is 0 Å². The topological polar surface area (TPSA) is 90.4 Å². The van der Waals surface area contributed by atoms with Gasteiger partial charge in [0, 0.05) is 6.04 Å². The van der Waals surface area contributed by atoms with Crippen LogP contribution in [0.3, 0.4) is 0 Å². The van der Waals surface area contributed by atoms with Gasteiger partial charge in [0.05, 0.1) is 17.7 Å². The van der Waals surface area contributed by atoms with Crippen molar-refractivity contribution >= 4 is 5.91 Å². The summed E-state index contributed by atoms with van der Waals surface area (Å²) in [6.07, 6.45) is 7.51. The molecule has 5 saturated carbocycles. The highest BCUT2D eigenvalue weighted by molar-refractivity contribution is 5.84. The van der Waals surface area contributed by atoms with Gasteiger partial charge >= 0.3 is 0 Å². The van der Waals surface area contributed by atoms with Gasteiger partial charge in [0.1, 0.15) is 6.04 Å². The first-order valence-electron chi connectivity index (χ1n) is 9.06. The maximum atomic E-state index is 13.1. The molecule has 0 aromatic heterocycles. The van der Waals surface area contributed by atoms with Crippen LogP contribution in [0.4, 0.5) is 0 Å². The zero-order valence-corrected chi connectivity index (χ0v) is 13.9. The number of nitriles is 1. The molecule has 4 bridgehead atoms. The van der Waals surface area contributed by atoms with E-state index in [0.717, 1.165) is 38.5 Å². The van der Waals surface area contributed by atoms with Gasteiger partial charge in [0.15, 0.2) is 0 Å². The van der Waals surface area contributed by atoms with Crippen molar-refractivity contribution in [2.24, 2.45) is 23.0 Å². The molecule has 126 valence electrons. The second kappa shape index (κ2) is 4.94. The highest BCUT2D eigenvalue weighted by Crippen LogP contribution is 2.62. The summed E-state index contributed by atoms with van der Waals surface area (Å²) in [6, 6.07) is 1.41. The van der Waals surface area contributed by atoms with E-state index < -0.39 is 17.7 Å². The van der Waals surface area contributed by atoms with Crippen LogP contribution in [0, 0.1) is 28.6 Å². The lowest BCUT2D eigenvalue weighted by Gasteiger charge is -2.61. The fourth-order valence-electron chi connectivity index (χ4n) is 6.17. The predicted octanol–water partition coefficient (Wildman–Crippen LogP) is 1.55. The van der Waals surface area contributed by atoms with Gasteiger partial charge in [-0.1, -0.05) is 0 Å². The van der Waals surface area contributed by atoms with Gasteiger partial charge in [0.25, 0.3) is 0 Å². The van der Waals surface area contributed by atoms with E-state index >= 15 is 0 Å². The van der Waals surface area contributed by atoms with E-state index in [1.807, 2.05) is 0 Å². The first-order chi connectivity index (χ1) is 10.9. The quantitative estimate of drug-likeness (QED) is 0.823. The summed E-state index contributed by atoms with van der Waals surface area (Å²) in [7, 11) is 0. The van der Waals surface area contributed by atoms with Crippen LogP contribution in [0.25, 0.3) is 0 Å². The van der Waals surface area contributed by atoms with E-state index in [4.69, 9.17) is 5.73 Å². The molecule has 0 saturated heterocycles. The van der Waals surface area contributed by atoms with Crippen LogP contribution in [0.2, 0.25) is 0 Å². The van der Waals surface area contributed by atoms with Gasteiger partial charge in [-0.3, -0.25) is 4.79 Å². The summed E-state index contributed by atoms with van der Waals surface area (Å²) in [5.74, 6) is 0.970. The molecular weight excluding hydrogens is 290 g/mol. The smallest absolute Gasteiger partial charge is 0.241 e. The Morgan fingerprint density at radius 1 is 1.30 bits per heavy atom. The molecule has 3 N–H and O–H groups in total. The standard InChI is InChI=1S/C18H27N3O2/c1-11(9-19)21(14-2-3-14)16(22)15(20)17-5-12-4-13(6-17)8-18(23,7-12)10-17/h11-15,23H,2-8,10,20H2,1H3. The Kier molecular flexibility index (Phi) is 3.31. The average Bonchev–Trinajstić information content (AvgIpc) is 3.28. The molecule has 0 aromatic rings. The van der Waals surface area contributed by atoms with Gasteiger partial charge in [-0.15, -0.1) is 0 Å². The van der Waals surface area contributed by atoms with Crippen molar-refractivity contribution in [3.05, 3.63) is 0 Å². The van der Waals surface area contributed by atoms with Gasteiger partial charge in [-0.2, -0.15) is 5.26 Å². The van der Waals surface area contributed by atoms with Crippen LogP contribution in [-0.2, 0) is 4.79 Å². The van der Waals surface area contributed by atoms with E-state index in [-0.39, 0.29) is 17.4 Å². The van der Waals surface area contributed by atoms with Gasteiger partial charge < -0.3 is 15.7 Å². The van der Waals surface area contributed by atoms with Crippen LogP contribution in [0.1, 0.15) is 58.3 Å². The Labute approximate surface area is 137 Å². The number of carbonyl (C=O) groups excluding carboxylic acids is 1. The summed E-state index contributed by atoms with van der Waals surface area (Å²) < 4.78 is 0. The predicted molar refractivity (Wildman–Crippen MR) is 85.0 cm³/mol. The Morgan fingerprint density at radius 3 is 2.39 bits per heavy atom. The molecule has 5 heteroatoms. The van der Waals surface area contributed by atoms with Crippen molar-refractivity contribution in [3.8, 4) is 6.07 Å². The molecular formula is C18H27N3O2. The largest absolute Gasteiger partial charge is 0.390 e. The zero-order valence-electron chi connectivity index (χ0n) is 13.9. The highest BCUT2D eigenvalue weighted by Gasteiger charge is 2.61. The number of hydrogen-bond donors (Lipinski definition) is 2. The van der Waals surface area contributed by atoms with Crippen molar-refractivity contribution < 1.29 is 9.90 Å². The molecule has 4 atom stereocenters. The second-order valence-corrected chi connectivity index (χ2v) is 8.81. The molecule has 5 nitrogen and oxygen atoms in total. The lowest BCUT2D eigenvalue weighted by atomic mass is 9.46. The third kappa shape index (κ3) is 2.38. The SMILES string of the molecule is CC(C#N)N(C(=O)C(N)C12CC3CC(CC(O)(C3)C1)C2)C1CC1. The molecule has 0 spiro atoms. The number of nitrogens with zero attached hydrogens (tertiary/aromatic N) is 2. The maximum Gasteiger partial charge on any atom is 0.241 e. The normalized spacial score (nSPS) is 43.7. The molecule has 0 heterocycles. The van der Waals surface area contributed by atoms with Crippen LogP contribution < -0.4 is 5.73 Å². The Balaban J connectivity index is 1.59. The molecule has 5 aliphatic carbocycles. The summed E-state index contributed by atoms with van der Waals surface area (Å²) in [6.45, 7) is 1.79. The molecule has 1 amide bonds. The number of carbonyl (C=O) groups is 1. The Hall–Kier alpha value is -1.12. The van der Waals surface area contributed by atoms with E-state index in [0.29, 0.717) is 18.3 Å². The monoisotopic (exact) mass is 317 g/mol. The number of rotatable bonds is 4. The first kappa shape index (κ1) is 15.4. The van der Waals surface area contributed by atoms with Crippen LogP contribution in [0.5, 0.6) is 0 Å². The summed E-state index contributed by atoms with van der Waals surface area (Å²) in [5, 5.41) is 20.1. The number of aliphatic hydroxyl groups is 1. The van der Waals surface area contributed by atoms with Crippen molar-refractivity contribution in [1.82, 2.24) is 4.90 Å². The van der Waals surface area contributed by atoms with E-state index in [1.165, 1.54) is 6.42 Å². The Bertz CT molecular complexity index is 551. The third-order valence-electron chi connectivity index (χ3n) is 6.80. The maximum absolute atomic E-state index is 13.1. The van der Waals surface area contributed by atoms with E-state index in [2.05, 4.69) is 6.07 Å². The number of hydrogen-bond acceptors (Lipinski definition) is 4. The van der Waals surface area contributed by atoms with Gasteiger partial charge in [0.2, 0.25) is 5.91 Å². The zero-order chi connectivity index (χ0) is 16.4. The molecule has 23 heavy (non-hydrogen) atoms. The fraction of sp³-hybridized carbons (Fsp3) is 0.889. The van der Waals surface area contributed by atoms with Crippen LogP contribution in [0.15, 0.2) is 0 Å². The lowest BCUT2D eigenvalue weighted by molar-refractivity contribution is -0.177. The summed E-state index contributed by atoms with van der Waals surface area (Å²) in [4.78, 5) is 14.8. The fourth-order valence-corrected chi connectivity index (χ4v) is 6.17. The summed E-state index contributed by atoms with van der Waals surface area (Å²) >= 11 is 0.